The Bertz CT molecular complexity index is 992. The van der Waals surface area contributed by atoms with Gasteiger partial charge in [-0.1, -0.05) is 0 Å². The second-order valence-electron chi connectivity index (χ2n) is 6.35. The first-order valence-corrected chi connectivity index (χ1v) is 8.41. The highest BCUT2D eigenvalue weighted by Crippen LogP contribution is 2.30. The van der Waals surface area contributed by atoms with Gasteiger partial charge >= 0.3 is 6.18 Å². The SMILES string of the molecule is CC(C)Oc1ccc2c(NC(=O)c3ccc(CO)o3)nn(CC(F)(F)F)c2c1. The van der Waals surface area contributed by atoms with Crippen molar-refractivity contribution in [2.45, 2.75) is 39.3 Å². The fourth-order valence-electron chi connectivity index (χ4n) is 2.64. The van der Waals surface area contributed by atoms with Crippen molar-refractivity contribution in [3.63, 3.8) is 0 Å². The molecule has 3 aromatic rings. The van der Waals surface area contributed by atoms with E-state index < -0.39 is 18.6 Å². The van der Waals surface area contributed by atoms with Crippen LogP contribution in [0.15, 0.2) is 34.7 Å². The number of hydrogen-bond donors (Lipinski definition) is 2. The summed E-state index contributed by atoms with van der Waals surface area (Å²) < 4.78 is 50.3. The Balaban J connectivity index is 1.98. The van der Waals surface area contributed by atoms with Crippen LogP contribution in [-0.2, 0) is 13.2 Å². The molecule has 2 aromatic heterocycles. The van der Waals surface area contributed by atoms with E-state index >= 15 is 0 Å². The van der Waals surface area contributed by atoms with Gasteiger partial charge in [-0.25, -0.2) is 0 Å². The molecule has 150 valence electrons. The summed E-state index contributed by atoms with van der Waals surface area (Å²) in [4.78, 5) is 12.3. The molecule has 0 bridgehead atoms. The van der Waals surface area contributed by atoms with Gasteiger partial charge < -0.3 is 19.6 Å². The zero-order chi connectivity index (χ0) is 20.5. The molecule has 0 fully saturated rings. The number of alkyl halides is 3. The number of ether oxygens (including phenoxy) is 1. The molecule has 1 amide bonds. The molecule has 10 heteroatoms. The zero-order valence-electron chi connectivity index (χ0n) is 15.1. The van der Waals surface area contributed by atoms with Crippen LogP contribution < -0.4 is 10.1 Å². The van der Waals surface area contributed by atoms with Gasteiger partial charge in [0.05, 0.1) is 11.6 Å². The molecule has 2 N–H and O–H groups in total. The quantitative estimate of drug-likeness (QED) is 0.662. The standard InChI is InChI=1S/C18H18F3N3O4/c1-10(2)27-11-3-5-13-14(7-11)24(9-18(19,20)21)23-16(13)22-17(26)15-6-4-12(8-25)28-15/h3-7,10,25H,8-9H2,1-2H3,(H,22,23,26). The molecule has 0 unspecified atom stereocenters. The number of nitrogens with zero attached hydrogens (tertiary/aromatic N) is 2. The smallest absolute Gasteiger partial charge is 0.408 e. The molecule has 0 aliphatic heterocycles. The first-order valence-electron chi connectivity index (χ1n) is 8.41. The second-order valence-corrected chi connectivity index (χ2v) is 6.35. The van der Waals surface area contributed by atoms with Crippen molar-refractivity contribution in [2.24, 2.45) is 0 Å². The molecule has 0 radical (unpaired) electrons. The monoisotopic (exact) mass is 397 g/mol. The van der Waals surface area contributed by atoms with Gasteiger partial charge in [0.25, 0.3) is 5.91 Å². The Labute approximate surface area is 157 Å². The third-order valence-corrected chi connectivity index (χ3v) is 3.70. The maximum absolute atomic E-state index is 12.9. The van der Waals surface area contributed by atoms with E-state index in [1.807, 2.05) is 0 Å². The minimum Gasteiger partial charge on any atom is -0.491 e. The van der Waals surface area contributed by atoms with Crippen LogP contribution in [0.2, 0.25) is 0 Å². The van der Waals surface area contributed by atoms with Crippen molar-refractivity contribution in [3.8, 4) is 5.75 Å². The number of anilines is 1. The number of nitrogens with one attached hydrogen (secondary N) is 1. The first-order chi connectivity index (χ1) is 13.2. The lowest BCUT2D eigenvalue weighted by Crippen LogP contribution is -2.19. The van der Waals surface area contributed by atoms with E-state index in [2.05, 4.69) is 10.4 Å². The molecule has 3 rings (SSSR count). The largest absolute Gasteiger partial charge is 0.491 e. The molecular weight excluding hydrogens is 379 g/mol. The number of amides is 1. The van der Waals surface area contributed by atoms with Crippen molar-refractivity contribution >= 4 is 22.6 Å². The van der Waals surface area contributed by atoms with Crippen LogP contribution >= 0.6 is 0 Å². The second kappa shape index (κ2) is 7.55. The Kier molecular flexibility index (Phi) is 5.32. The molecule has 0 atom stereocenters. The lowest BCUT2D eigenvalue weighted by molar-refractivity contribution is -0.141. The summed E-state index contributed by atoms with van der Waals surface area (Å²) in [7, 11) is 0. The number of furan rings is 1. The van der Waals surface area contributed by atoms with Gasteiger partial charge in [0, 0.05) is 11.5 Å². The van der Waals surface area contributed by atoms with E-state index in [-0.39, 0.29) is 35.6 Å². The van der Waals surface area contributed by atoms with Gasteiger partial charge in [0.2, 0.25) is 0 Å². The van der Waals surface area contributed by atoms with Gasteiger partial charge in [-0.05, 0) is 38.1 Å². The third-order valence-electron chi connectivity index (χ3n) is 3.70. The van der Waals surface area contributed by atoms with Crippen LogP contribution in [-0.4, -0.2) is 33.1 Å². The van der Waals surface area contributed by atoms with E-state index in [1.165, 1.54) is 24.3 Å². The van der Waals surface area contributed by atoms with Gasteiger partial charge in [-0.3, -0.25) is 9.48 Å². The number of aromatic nitrogens is 2. The highest BCUT2D eigenvalue weighted by Gasteiger charge is 2.30. The lowest BCUT2D eigenvalue weighted by atomic mass is 10.2. The number of fused-ring (bicyclic) bond motifs is 1. The number of aliphatic hydroxyl groups excluding tert-OH is 1. The molecule has 1 aromatic carbocycles. The Morgan fingerprint density at radius 2 is 2.07 bits per heavy atom. The van der Waals surface area contributed by atoms with Crippen LogP contribution in [0.1, 0.15) is 30.2 Å². The fourth-order valence-corrected chi connectivity index (χ4v) is 2.64. The average Bonchev–Trinajstić information content (AvgIpc) is 3.19. The van der Waals surface area contributed by atoms with E-state index in [0.717, 1.165) is 4.68 Å². The van der Waals surface area contributed by atoms with Crippen LogP contribution in [0, 0.1) is 0 Å². The summed E-state index contributed by atoms with van der Waals surface area (Å²) in [5, 5.41) is 15.7. The molecule has 0 spiro atoms. The number of rotatable bonds is 6. The fraction of sp³-hybridized carbons (Fsp3) is 0.333. The summed E-state index contributed by atoms with van der Waals surface area (Å²) in [6.45, 7) is 1.90. The summed E-state index contributed by atoms with van der Waals surface area (Å²) in [6, 6.07) is 7.34. The van der Waals surface area contributed by atoms with Crippen molar-refractivity contribution in [1.29, 1.82) is 0 Å². The van der Waals surface area contributed by atoms with E-state index in [4.69, 9.17) is 14.3 Å². The lowest BCUT2D eigenvalue weighted by Gasteiger charge is -2.11. The van der Waals surface area contributed by atoms with Crippen LogP contribution in [0.4, 0.5) is 19.0 Å². The molecule has 0 saturated heterocycles. The molecule has 0 aliphatic rings. The van der Waals surface area contributed by atoms with Crippen LogP contribution in [0.5, 0.6) is 5.75 Å². The average molecular weight is 397 g/mol. The Hall–Kier alpha value is -3.01. The normalized spacial score (nSPS) is 12.0. The summed E-state index contributed by atoms with van der Waals surface area (Å²) >= 11 is 0. The molecule has 28 heavy (non-hydrogen) atoms. The highest BCUT2D eigenvalue weighted by atomic mass is 19.4. The van der Waals surface area contributed by atoms with Gasteiger partial charge in [0.1, 0.15) is 24.7 Å². The van der Waals surface area contributed by atoms with Crippen molar-refractivity contribution in [1.82, 2.24) is 9.78 Å². The van der Waals surface area contributed by atoms with Gasteiger partial charge in [-0.15, -0.1) is 0 Å². The topological polar surface area (TPSA) is 89.5 Å². The summed E-state index contributed by atoms with van der Waals surface area (Å²) in [5.74, 6) is -0.249. The minimum atomic E-state index is -4.49. The van der Waals surface area contributed by atoms with Crippen LogP contribution in [0.3, 0.4) is 0 Å². The van der Waals surface area contributed by atoms with Gasteiger partial charge in [-0.2, -0.15) is 18.3 Å². The number of hydrogen-bond acceptors (Lipinski definition) is 5. The summed E-state index contributed by atoms with van der Waals surface area (Å²) in [5.41, 5.74) is 0.168. The van der Waals surface area contributed by atoms with Crippen molar-refractivity contribution < 1.29 is 32.2 Å². The Morgan fingerprint density at radius 3 is 2.68 bits per heavy atom. The number of carbonyl (C=O) groups excluding carboxylic acids is 1. The molecule has 7 nitrogen and oxygen atoms in total. The van der Waals surface area contributed by atoms with E-state index in [9.17, 15) is 18.0 Å². The van der Waals surface area contributed by atoms with Crippen LogP contribution in [0.25, 0.3) is 10.9 Å². The maximum Gasteiger partial charge on any atom is 0.408 e. The van der Waals surface area contributed by atoms with Gasteiger partial charge in [0.15, 0.2) is 11.6 Å². The predicted octanol–water partition coefficient (Wildman–Crippen LogP) is 3.72. The van der Waals surface area contributed by atoms with E-state index in [0.29, 0.717) is 11.1 Å². The third kappa shape index (κ3) is 4.45. The number of benzene rings is 1. The molecule has 0 aliphatic carbocycles. The number of halogens is 3. The Morgan fingerprint density at radius 1 is 1.32 bits per heavy atom. The van der Waals surface area contributed by atoms with E-state index in [1.54, 1.807) is 19.9 Å². The minimum absolute atomic E-state index is 0.0395. The molecular formula is C18H18F3N3O4. The van der Waals surface area contributed by atoms with Crippen molar-refractivity contribution in [3.05, 3.63) is 41.9 Å². The highest BCUT2D eigenvalue weighted by molar-refractivity contribution is 6.06. The zero-order valence-corrected chi connectivity index (χ0v) is 15.1. The summed E-state index contributed by atoms with van der Waals surface area (Å²) in [6.07, 6.45) is -4.65. The first kappa shape index (κ1) is 19.7. The molecule has 2 heterocycles. The number of carbonyl (C=O) groups is 1. The number of aliphatic hydroxyl groups is 1. The maximum atomic E-state index is 12.9. The molecule has 0 saturated carbocycles. The predicted molar refractivity (Wildman–Crippen MR) is 94.1 cm³/mol. The van der Waals surface area contributed by atoms with Crippen molar-refractivity contribution in [2.75, 3.05) is 5.32 Å².